The summed E-state index contributed by atoms with van der Waals surface area (Å²) in [5.41, 5.74) is 0. The normalized spacial score (nSPS) is 26.8. The Hall–Kier alpha value is -0.330. The molecule has 1 saturated carbocycles. The van der Waals surface area contributed by atoms with Crippen LogP contribution in [0.5, 0.6) is 0 Å². The van der Waals surface area contributed by atoms with E-state index in [0.29, 0.717) is 17.6 Å². The molecule has 1 nitrogen and oxygen atoms in total. The van der Waals surface area contributed by atoms with Crippen LogP contribution in [0.2, 0.25) is 0 Å². The Kier molecular flexibility index (Phi) is 6.84. The maximum atomic E-state index is 12.1. The van der Waals surface area contributed by atoms with Crippen molar-refractivity contribution in [3.05, 3.63) is 0 Å². The zero-order chi connectivity index (χ0) is 12.7. The first-order chi connectivity index (χ1) is 8.17. The lowest BCUT2D eigenvalue weighted by atomic mass is 9.77. The summed E-state index contributed by atoms with van der Waals surface area (Å²) in [5.74, 6) is 2.47. The van der Waals surface area contributed by atoms with Gasteiger partial charge in [0, 0.05) is 12.3 Å². The van der Waals surface area contributed by atoms with Crippen molar-refractivity contribution in [3.8, 4) is 0 Å². The molecule has 0 aromatic rings. The highest BCUT2D eigenvalue weighted by Gasteiger charge is 2.26. The summed E-state index contributed by atoms with van der Waals surface area (Å²) < 4.78 is 0. The molecule has 0 aromatic heterocycles. The van der Waals surface area contributed by atoms with Crippen LogP contribution in [0.1, 0.15) is 78.6 Å². The Bertz CT molecular complexity index is 214. The van der Waals surface area contributed by atoms with Crippen molar-refractivity contribution in [1.29, 1.82) is 0 Å². The van der Waals surface area contributed by atoms with Gasteiger partial charge in [-0.05, 0) is 37.5 Å². The van der Waals surface area contributed by atoms with E-state index in [-0.39, 0.29) is 0 Å². The monoisotopic (exact) mass is 238 g/mol. The Morgan fingerprint density at radius 1 is 1.12 bits per heavy atom. The van der Waals surface area contributed by atoms with Crippen molar-refractivity contribution < 1.29 is 4.79 Å². The summed E-state index contributed by atoms with van der Waals surface area (Å²) in [5, 5.41) is 0. The summed E-state index contributed by atoms with van der Waals surface area (Å²) in [6.07, 6.45) is 10.8. The molecule has 0 spiro atoms. The molecule has 1 fully saturated rings. The Labute approximate surface area is 107 Å². The van der Waals surface area contributed by atoms with Crippen molar-refractivity contribution in [2.24, 2.45) is 17.8 Å². The van der Waals surface area contributed by atoms with Crippen molar-refractivity contribution in [2.45, 2.75) is 78.6 Å². The van der Waals surface area contributed by atoms with E-state index >= 15 is 0 Å². The van der Waals surface area contributed by atoms with Gasteiger partial charge in [0.05, 0.1) is 0 Å². The number of hydrogen-bond acceptors (Lipinski definition) is 1. The summed E-state index contributed by atoms with van der Waals surface area (Å²) in [6, 6.07) is 0. The Balaban J connectivity index is 2.25. The lowest BCUT2D eigenvalue weighted by Gasteiger charge is -2.28. The van der Waals surface area contributed by atoms with Gasteiger partial charge in [0.25, 0.3) is 0 Å². The number of rotatable bonds is 7. The molecular formula is C16H30O. The zero-order valence-electron chi connectivity index (χ0n) is 12.0. The lowest BCUT2D eigenvalue weighted by molar-refractivity contribution is -0.124. The first kappa shape index (κ1) is 14.7. The van der Waals surface area contributed by atoms with Crippen LogP contribution in [0.3, 0.4) is 0 Å². The van der Waals surface area contributed by atoms with Gasteiger partial charge in [-0.1, -0.05) is 46.5 Å². The first-order valence-corrected chi connectivity index (χ1v) is 7.70. The van der Waals surface area contributed by atoms with Gasteiger partial charge in [0.2, 0.25) is 0 Å². The first-order valence-electron chi connectivity index (χ1n) is 7.70. The van der Waals surface area contributed by atoms with Crippen molar-refractivity contribution in [2.75, 3.05) is 0 Å². The number of hydrogen-bond donors (Lipinski definition) is 0. The van der Waals surface area contributed by atoms with E-state index in [1.165, 1.54) is 51.4 Å². The third-order valence-corrected chi connectivity index (χ3v) is 4.33. The largest absolute Gasteiger partial charge is 0.299 e. The molecule has 0 radical (unpaired) electrons. The smallest absolute Gasteiger partial charge is 0.136 e. The third-order valence-electron chi connectivity index (χ3n) is 4.33. The SMILES string of the molecule is CCCC(C)CC(=O)C1CCC(CCC)CC1. The van der Waals surface area contributed by atoms with E-state index in [0.717, 1.165) is 12.3 Å². The Morgan fingerprint density at radius 2 is 1.76 bits per heavy atom. The predicted octanol–water partition coefficient (Wildman–Crippen LogP) is 4.99. The molecule has 1 atom stereocenters. The fourth-order valence-corrected chi connectivity index (χ4v) is 3.29. The van der Waals surface area contributed by atoms with Gasteiger partial charge in [-0.15, -0.1) is 0 Å². The number of carbonyl (C=O) groups excluding carboxylic acids is 1. The van der Waals surface area contributed by atoms with Crippen LogP contribution < -0.4 is 0 Å². The van der Waals surface area contributed by atoms with Gasteiger partial charge in [0.1, 0.15) is 5.78 Å². The van der Waals surface area contributed by atoms with Crippen LogP contribution >= 0.6 is 0 Å². The van der Waals surface area contributed by atoms with Crippen LogP contribution in [0.15, 0.2) is 0 Å². The fraction of sp³-hybridized carbons (Fsp3) is 0.938. The number of carbonyl (C=O) groups is 1. The van der Waals surface area contributed by atoms with E-state index in [4.69, 9.17) is 0 Å². The molecule has 0 bridgehead atoms. The van der Waals surface area contributed by atoms with Gasteiger partial charge in [-0.25, -0.2) is 0 Å². The van der Waals surface area contributed by atoms with E-state index in [1.807, 2.05) is 0 Å². The Morgan fingerprint density at radius 3 is 2.29 bits per heavy atom. The molecule has 1 heteroatoms. The van der Waals surface area contributed by atoms with Gasteiger partial charge >= 0.3 is 0 Å². The third kappa shape index (κ3) is 5.23. The summed E-state index contributed by atoms with van der Waals surface area (Å²) >= 11 is 0. The van der Waals surface area contributed by atoms with Crippen LogP contribution in [0, 0.1) is 17.8 Å². The second-order valence-electron chi connectivity index (χ2n) is 6.07. The molecule has 1 aliphatic carbocycles. The molecule has 0 saturated heterocycles. The molecule has 0 N–H and O–H groups in total. The summed E-state index contributed by atoms with van der Waals surface area (Å²) in [6.45, 7) is 6.70. The second kappa shape index (κ2) is 7.89. The van der Waals surface area contributed by atoms with Gasteiger partial charge < -0.3 is 0 Å². The lowest BCUT2D eigenvalue weighted by Crippen LogP contribution is -2.23. The molecular weight excluding hydrogens is 208 g/mol. The van der Waals surface area contributed by atoms with Crippen LogP contribution in [-0.4, -0.2) is 5.78 Å². The maximum absolute atomic E-state index is 12.1. The maximum Gasteiger partial charge on any atom is 0.136 e. The standard InChI is InChI=1S/C16H30O/c1-4-6-13(3)12-16(17)15-10-8-14(7-5-2)9-11-15/h13-15H,4-12H2,1-3H3. The number of ketones is 1. The highest BCUT2D eigenvalue weighted by molar-refractivity contribution is 5.81. The van der Waals surface area contributed by atoms with Gasteiger partial charge in [-0.2, -0.15) is 0 Å². The predicted molar refractivity (Wildman–Crippen MR) is 74.1 cm³/mol. The average Bonchev–Trinajstić information content (AvgIpc) is 2.30. The van der Waals surface area contributed by atoms with Crippen LogP contribution in [-0.2, 0) is 4.79 Å². The zero-order valence-corrected chi connectivity index (χ0v) is 12.0. The highest BCUT2D eigenvalue weighted by atomic mass is 16.1. The van der Waals surface area contributed by atoms with Gasteiger partial charge in [-0.3, -0.25) is 4.79 Å². The van der Waals surface area contributed by atoms with E-state index in [2.05, 4.69) is 20.8 Å². The molecule has 0 amide bonds. The van der Waals surface area contributed by atoms with Crippen molar-refractivity contribution in [3.63, 3.8) is 0 Å². The molecule has 1 unspecified atom stereocenters. The van der Waals surface area contributed by atoms with E-state index in [9.17, 15) is 4.79 Å². The van der Waals surface area contributed by atoms with Gasteiger partial charge in [0.15, 0.2) is 0 Å². The molecule has 100 valence electrons. The molecule has 1 aliphatic rings. The minimum absolute atomic E-state index is 0.405. The second-order valence-corrected chi connectivity index (χ2v) is 6.07. The summed E-state index contributed by atoms with van der Waals surface area (Å²) in [4.78, 5) is 12.1. The molecule has 17 heavy (non-hydrogen) atoms. The number of Topliss-reactive ketones (excluding diaryl/α,β-unsaturated/α-hetero) is 1. The molecule has 1 rings (SSSR count). The quantitative estimate of drug-likeness (QED) is 0.611. The van der Waals surface area contributed by atoms with Crippen LogP contribution in [0.4, 0.5) is 0 Å². The van der Waals surface area contributed by atoms with Crippen LogP contribution in [0.25, 0.3) is 0 Å². The van der Waals surface area contributed by atoms with Crippen molar-refractivity contribution >= 4 is 5.78 Å². The van der Waals surface area contributed by atoms with Crippen molar-refractivity contribution in [1.82, 2.24) is 0 Å². The topological polar surface area (TPSA) is 17.1 Å². The average molecular weight is 238 g/mol. The van der Waals surface area contributed by atoms with E-state index in [1.54, 1.807) is 0 Å². The summed E-state index contributed by atoms with van der Waals surface area (Å²) in [7, 11) is 0. The fourth-order valence-electron chi connectivity index (χ4n) is 3.29. The molecule has 0 aromatic carbocycles. The molecule has 0 aliphatic heterocycles. The highest BCUT2D eigenvalue weighted by Crippen LogP contribution is 2.33. The molecule has 0 heterocycles. The minimum atomic E-state index is 0.405. The van der Waals surface area contributed by atoms with E-state index < -0.39 is 0 Å². The minimum Gasteiger partial charge on any atom is -0.299 e.